The molecule has 194 valence electrons. The number of amides is 1. The predicted octanol–water partition coefficient (Wildman–Crippen LogP) is 4.33. The fourth-order valence-electron chi connectivity index (χ4n) is 4.59. The first-order chi connectivity index (χ1) is 16.6. The molecule has 12 heteroatoms. The fraction of sp³-hybridized carbons (Fsp3) is 0.500. The van der Waals surface area contributed by atoms with E-state index in [-0.39, 0.29) is 36.1 Å². The number of carbonyl (C=O) groups excluding carboxylic acids is 3. The number of aryl methyl sites for hydroxylation is 1. The molecule has 0 N–H and O–H groups in total. The molecule has 2 atom stereocenters. The van der Waals surface area contributed by atoms with Gasteiger partial charge in [0.15, 0.2) is 11.5 Å². The van der Waals surface area contributed by atoms with Crippen molar-refractivity contribution in [3.63, 3.8) is 0 Å². The normalized spacial score (nSPS) is 21.8. The molecular weight excluding hydrogens is 485 g/mol. The van der Waals surface area contributed by atoms with Crippen molar-refractivity contribution in [1.29, 1.82) is 0 Å². The van der Waals surface area contributed by atoms with Gasteiger partial charge < -0.3 is 18.9 Å². The minimum absolute atomic E-state index is 0.0429. The zero-order valence-corrected chi connectivity index (χ0v) is 20.3. The molecule has 2 aliphatic heterocycles. The van der Waals surface area contributed by atoms with Crippen LogP contribution >= 0.6 is 0 Å². The average molecular weight is 510 g/mol. The number of likely N-dealkylation sites (tertiary alicyclic amines) is 1. The highest BCUT2D eigenvalue weighted by Gasteiger charge is 2.55. The van der Waals surface area contributed by atoms with Gasteiger partial charge in [-0.15, -0.1) is 13.2 Å². The zero-order chi connectivity index (χ0) is 26.6. The van der Waals surface area contributed by atoms with E-state index in [4.69, 9.17) is 14.2 Å². The minimum Gasteiger partial charge on any atom is -0.482 e. The van der Waals surface area contributed by atoms with Crippen molar-refractivity contribution in [2.75, 3.05) is 13.7 Å². The molecule has 3 heterocycles. The summed E-state index contributed by atoms with van der Waals surface area (Å²) >= 11 is 0. The standard InChI is InChI=1S/C24H25F3N2O7/c1-12-19-18(14-8-13(34-24(25,26)27)6-7-15(14)28-12)17(30)10-23(35-19)9-16(20(31)33-5)29(11-23)21(32)36-22(2,3)4/h6-8,16H,9-11H2,1-5H3. The van der Waals surface area contributed by atoms with Crippen LogP contribution in [-0.4, -0.2) is 65.0 Å². The van der Waals surface area contributed by atoms with E-state index in [0.29, 0.717) is 11.2 Å². The Morgan fingerprint density at radius 2 is 1.92 bits per heavy atom. The number of methoxy groups -OCH3 is 1. The smallest absolute Gasteiger partial charge is 0.482 e. The highest BCUT2D eigenvalue weighted by molar-refractivity contribution is 6.11. The molecule has 0 bridgehead atoms. The van der Waals surface area contributed by atoms with Gasteiger partial charge in [-0.3, -0.25) is 9.69 Å². The van der Waals surface area contributed by atoms with Gasteiger partial charge in [-0.2, -0.15) is 0 Å². The quantitative estimate of drug-likeness (QED) is 0.550. The largest absolute Gasteiger partial charge is 0.573 e. The number of halogens is 3. The van der Waals surface area contributed by atoms with E-state index in [0.717, 1.165) is 12.1 Å². The van der Waals surface area contributed by atoms with E-state index in [9.17, 15) is 27.6 Å². The number of nitrogens with zero attached hydrogens (tertiary/aromatic N) is 2. The SMILES string of the molecule is COC(=O)C1CC2(CC(=O)c3c(c(C)nc4ccc(OC(F)(F)F)cc34)O2)CN1C(=O)OC(C)(C)C. The third-order valence-corrected chi connectivity index (χ3v) is 5.90. The van der Waals surface area contributed by atoms with Gasteiger partial charge in [0.1, 0.15) is 23.0 Å². The van der Waals surface area contributed by atoms with Gasteiger partial charge >= 0.3 is 18.4 Å². The first-order valence-electron chi connectivity index (χ1n) is 11.1. The summed E-state index contributed by atoms with van der Waals surface area (Å²) in [5.41, 5.74) is -1.41. The molecule has 1 aromatic carbocycles. The number of carbonyl (C=O) groups is 3. The van der Waals surface area contributed by atoms with Gasteiger partial charge in [0.25, 0.3) is 0 Å². The van der Waals surface area contributed by atoms with Crippen molar-refractivity contribution >= 4 is 28.7 Å². The van der Waals surface area contributed by atoms with Crippen LogP contribution < -0.4 is 9.47 Å². The zero-order valence-electron chi connectivity index (χ0n) is 20.3. The van der Waals surface area contributed by atoms with Crippen molar-refractivity contribution in [3.8, 4) is 11.5 Å². The number of hydrogen-bond donors (Lipinski definition) is 0. The number of hydrogen-bond acceptors (Lipinski definition) is 8. The molecule has 4 rings (SSSR count). The molecule has 0 saturated carbocycles. The summed E-state index contributed by atoms with van der Waals surface area (Å²) in [5.74, 6) is -1.54. The highest BCUT2D eigenvalue weighted by atomic mass is 19.4. The number of fused-ring (bicyclic) bond motifs is 3. The maximum Gasteiger partial charge on any atom is 0.573 e. The lowest BCUT2D eigenvalue weighted by atomic mass is 9.86. The van der Waals surface area contributed by atoms with E-state index in [2.05, 4.69) is 9.72 Å². The van der Waals surface area contributed by atoms with E-state index < -0.39 is 47.2 Å². The van der Waals surface area contributed by atoms with E-state index in [1.54, 1.807) is 27.7 Å². The maximum atomic E-state index is 13.4. The highest BCUT2D eigenvalue weighted by Crippen LogP contribution is 2.45. The van der Waals surface area contributed by atoms with Crippen LogP contribution in [0.4, 0.5) is 18.0 Å². The van der Waals surface area contributed by atoms with Crippen LogP contribution in [0.2, 0.25) is 0 Å². The molecule has 1 amide bonds. The summed E-state index contributed by atoms with van der Waals surface area (Å²) in [6, 6.07) is 2.47. The van der Waals surface area contributed by atoms with Crippen molar-refractivity contribution < 1.29 is 46.5 Å². The number of rotatable bonds is 2. The number of pyridine rings is 1. The van der Waals surface area contributed by atoms with Gasteiger partial charge in [-0.25, -0.2) is 14.6 Å². The third-order valence-electron chi connectivity index (χ3n) is 5.90. The topological polar surface area (TPSA) is 104 Å². The van der Waals surface area contributed by atoms with Crippen LogP contribution in [0, 0.1) is 6.92 Å². The molecule has 36 heavy (non-hydrogen) atoms. The Labute approximate surface area is 204 Å². The number of esters is 1. The summed E-state index contributed by atoms with van der Waals surface area (Å²) in [4.78, 5) is 44.4. The van der Waals surface area contributed by atoms with E-state index >= 15 is 0 Å². The molecule has 0 radical (unpaired) electrons. The van der Waals surface area contributed by atoms with E-state index in [1.807, 2.05) is 0 Å². The molecule has 2 aliphatic rings. The Balaban J connectivity index is 1.74. The number of ether oxygens (including phenoxy) is 4. The van der Waals surface area contributed by atoms with Gasteiger partial charge in [0.05, 0.1) is 36.8 Å². The average Bonchev–Trinajstić information content (AvgIpc) is 3.10. The van der Waals surface area contributed by atoms with Crippen molar-refractivity contribution in [2.24, 2.45) is 0 Å². The van der Waals surface area contributed by atoms with Gasteiger partial charge in [-0.1, -0.05) is 0 Å². The van der Waals surface area contributed by atoms with Crippen LogP contribution in [0.25, 0.3) is 10.9 Å². The molecular formula is C24H25F3N2O7. The third kappa shape index (κ3) is 4.89. The first-order valence-corrected chi connectivity index (χ1v) is 11.1. The van der Waals surface area contributed by atoms with Crippen LogP contribution in [-0.2, 0) is 14.3 Å². The Hall–Kier alpha value is -3.57. The Bertz CT molecular complexity index is 1250. The molecule has 1 fully saturated rings. The lowest BCUT2D eigenvalue weighted by molar-refractivity contribution is -0.274. The van der Waals surface area contributed by atoms with Crippen LogP contribution in [0.5, 0.6) is 11.5 Å². The van der Waals surface area contributed by atoms with Crippen LogP contribution in [0.15, 0.2) is 18.2 Å². The number of Topliss-reactive ketones (excluding diaryl/α,β-unsaturated/α-hetero) is 1. The second-order valence-electron chi connectivity index (χ2n) is 9.86. The van der Waals surface area contributed by atoms with Gasteiger partial charge in [0.2, 0.25) is 0 Å². The minimum atomic E-state index is -4.91. The van der Waals surface area contributed by atoms with Crippen LogP contribution in [0.3, 0.4) is 0 Å². The van der Waals surface area contributed by atoms with E-state index in [1.165, 1.54) is 18.1 Å². The van der Waals surface area contributed by atoms with Gasteiger partial charge in [0, 0.05) is 11.8 Å². The number of alkyl halides is 3. The maximum absolute atomic E-state index is 13.4. The summed E-state index contributed by atoms with van der Waals surface area (Å²) < 4.78 is 58.8. The molecule has 1 spiro atoms. The summed E-state index contributed by atoms with van der Waals surface area (Å²) in [6.45, 7) is 6.50. The number of aromatic nitrogens is 1. The molecule has 0 aliphatic carbocycles. The fourth-order valence-corrected chi connectivity index (χ4v) is 4.59. The summed E-state index contributed by atoms with van der Waals surface area (Å²) in [5, 5.41) is 0.142. The molecule has 1 aromatic heterocycles. The first kappa shape index (κ1) is 25.5. The monoisotopic (exact) mass is 510 g/mol. The summed E-state index contributed by atoms with van der Waals surface area (Å²) in [6.07, 6.45) is -5.94. The lowest BCUT2D eigenvalue weighted by Crippen LogP contribution is -2.47. The van der Waals surface area contributed by atoms with Gasteiger partial charge in [-0.05, 0) is 45.9 Å². The number of benzene rings is 1. The second-order valence-corrected chi connectivity index (χ2v) is 9.86. The lowest BCUT2D eigenvalue weighted by Gasteiger charge is -2.35. The van der Waals surface area contributed by atoms with Crippen molar-refractivity contribution in [1.82, 2.24) is 9.88 Å². The molecule has 2 unspecified atom stereocenters. The molecule has 2 aromatic rings. The van der Waals surface area contributed by atoms with Crippen molar-refractivity contribution in [2.45, 2.75) is 64.1 Å². The second kappa shape index (κ2) is 8.52. The number of ketones is 1. The molecule has 9 nitrogen and oxygen atoms in total. The Morgan fingerprint density at radius 1 is 1.22 bits per heavy atom. The van der Waals surface area contributed by atoms with Crippen LogP contribution in [0.1, 0.15) is 49.7 Å². The predicted molar refractivity (Wildman–Crippen MR) is 119 cm³/mol. The van der Waals surface area contributed by atoms with Crippen molar-refractivity contribution in [3.05, 3.63) is 29.5 Å². The molecule has 1 saturated heterocycles. The Kier molecular flexibility index (Phi) is 6.04. The Morgan fingerprint density at radius 3 is 2.53 bits per heavy atom. The summed E-state index contributed by atoms with van der Waals surface area (Å²) in [7, 11) is 1.18.